The Hall–Kier alpha value is 0.240. The Morgan fingerprint density at radius 1 is 1.36 bits per heavy atom. The first-order valence-electron chi connectivity index (χ1n) is 3.47. The maximum atomic E-state index is 13.1. The monoisotopic (exact) mass is 184 g/mol. The minimum absolute atomic E-state index is 0.202. The first kappa shape index (κ1) is 9.33. The van der Waals surface area contributed by atoms with Gasteiger partial charge in [0, 0.05) is 0 Å². The summed E-state index contributed by atoms with van der Waals surface area (Å²) >= 11 is 0. The number of hydrogen-bond acceptors (Lipinski definition) is 3. The van der Waals surface area contributed by atoms with Gasteiger partial charge in [0.1, 0.15) is 0 Å². The van der Waals surface area contributed by atoms with Crippen LogP contribution in [0.1, 0.15) is 13.8 Å². The van der Waals surface area contributed by atoms with Gasteiger partial charge < -0.3 is 0 Å². The SMILES string of the molecule is CC1(C)COP(C)(O)(F)OC1. The summed E-state index contributed by atoms with van der Waals surface area (Å²) in [5, 5.41) is 0. The van der Waals surface area contributed by atoms with E-state index in [1.165, 1.54) is 0 Å². The standard InChI is InChI=1S/C6H14FO3P/c1-6(2)4-9-11(3,7,8)10-5-6/h8H,4-5H2,1-3H3. The summed E-state index contributed by atoms with van der Waals surface area (Å²) in [4.78, 5) is 9.09. The Labute approximate surface area is 65.8 Å². The summed E-state index contributed by atoms with van der Waals surface area (Å²) in [6.07, 6.45) is 0. The molecule has 3 nitrogen and oxygen atoms in total. The van der Waals surface area contributed by atoms with Gasteiger partial charge in [-0.15, -0.1) is 0 Å². The van der Waals surface area contributed by atoms with Gasteiger partial charge in [-0.3, -0.25) is 0 Å². The van der Waals surface area contributed by atoms with Crippen LogP contribution in [0.4, 0.5) is 4.20 Å². The van der Waals surface area contributed by atoms with Gasteiger partial charge >= 0.3 is 64.9 Å². The van der Waals surface area contributed by atoms with Crippen molar-refractivity contribution in [3.8, 4) is 0 Å². The van der Waals surface area contributed by atoms with Gasteiger partial charge in [-0.2, -0.15) is 0 Å². The predicted octanol–water partition coefficient (Wildman–Crippen LogP) is 1.86. The third-order valence-electron chi connectivity index (χ3n) is 1.49. The van der Waals surface area contributed by atoms with Gasteiger partial charge in [0.25, 0.3) is 0 Å². The average molecular weight is 184 g/mol. The van der Waals surface area contributed by atoms with Gasteiger partial charge in [-0.25, -0.2) is 0 Å². The average Bonchev–Trinajstić information content (AvgIpc) is 1.79. The molecular formula is C6H14FO3P. The predicted molar refractivity (Wildman–Crippen MR) is 41.9 cm³/mol. The van der Waals surface area contributed by atoms with E-state index in [1.807, 2.05) is 13.8 Å². The van der Waals surface area contributed by atoms with Crippen LogP contribution in [0.25, 0.3) is 0 Å². The van der Waals surface area contributed by atoms with Crippen LogP contribution in [-0.2, 0) is 9.05 Å². The summed E-state index contributed by atoms with van der Waals surface area (Å²) < 4.78 is 22.5. The molecule has 68 valence electrons. The van der Waals surface area contributed by atoms with E-state index in [2.05, 4.69) is 9.05 Å². The first-order chi connectivity index (χ1) is 4.68. The molecule has 1 saturated heterocycles. The van der Waals surface area contributed by atoms with Crippen molar-refractivity contribution in [1.82, 2.24) is 0 Å². The van der Waals surface area contributed by atoms with Crippen molar-refractivity contribution in [2.24, 2.45) is 5.41 Å². The van der Waals surface area contributed by atoms with Crippen LogP contribution < -0.4 is 0 Å². The van der Waals surface area contributed by atoms with Crippen LogP contribution in [-0.4, -0.2) is 24.8 Å². The fourth-order valence-corrected chi connectivity index (χ4v) is 2.07. The molecule has 0 amide bonds. The van der Waals surface area contributed by atoms with Crippen LogP contribution in [0, 0.1) is 5.41 Å². The topological polar surface area (TPSA) is 38.7 Å². The second-order valence-corrected chi connectivity index (χ2v) is 6.78. The summed E-state index contributed by atoms with van der Waals surface area (Å²) in [6.45, 7) is 5.17. The van der Waals surface area contributed by atoms with Crippen molar-refractivity contribution < 1.29 is 18.1 Å². The molecule has 0 atom stereocenters. The summed E-state index contributed by atoms with van der Waals surface area (Å²) in [7, 11) is -4.64. The second kappa shape index (κ2) is 2.13. The summed E-state index contributed by atoms with van der Waals surface area (Å²) in [5.41, 5.74) is -0.202. The van der Waals surface area contributed by atoms with Crippen LogP contribution in [0.5, 0.6) is 0 Å². The number of rotatable bonds is 0. The Balaban J connectivity index is 2.63. The summed E-state index contributed by atoms with van der Waals surface area (Å²) in [5.74, 6) is 0. The van der Waals surface area contributed by atoms with Crippen molar-refractivity contribution in [3.05, 3.63) is 0 Å². The van der Waals surface area contributed by atoms with Crippen molar-refractivity contribution in [3.63, 3.8) is 0 Å². The fraction of sp³-hybridized carbons (Fsp3) is 1.00. The van der Waals surface area contributed by atoms with Gasteiger partial charge in [0.2, 0.25) is 0 Å². The van der Waals surface area contributed by atoms with E-state index in [1.54, 1.807) is 0 Å². The molecule has 1 fully saturated rings. The van der Waals surface area contributed by atoms with Crippen molar-refractivity contribution in [2.75, 3.05) is 19.9 Å². The van der Waals surface area contributed by atoms with E-state index in [4.69, 9.17) is 4.89 Å². The molecule has 0 saturated carbocycles. The first-order valence-corrected chi connectivity index (χ1v) is 5.83. The molecule has 1 heterocycles. The quantitative estimate of drug-likeness (QED) is 0.584. The second-order valence-electron chi connectivity index (χ2n) is 3.90. The summed E-state index contributed by atoms with van der Waals surface area (Å²) in [6, 6.07) is 0. The zero-order valence-electron chi connectivity index (χ0n) is 7.00. The van der Waals surface area contributed by atoms with E-state index in [9.17, 15) is 4.20 Å². The number of halogens is 1. The van der Waals surface area contributed by atoms with Crippen molar-refractivity contribution in [1.29, 1.82) is 0 Å². The zero-order valence-corrected chi connectivity index (χ0v) is 7.90. The van der Waals surface area contributed by atoms with Gasteiger partial charge in [-0.05, 0) is 0 Å². The van der Waals surface area contributed by atoms with Crippen LogP contribution in [0.2, 0.25) is 0 Å². The molecule has 0 aliphatic carbocycles. The molecule has 1 aliphatic rings. The maximum absolute atomic E-state index is 13.1. The molecule has 5 heteroatoms. The molecule has 1 aliphatic heterocycles. The Kier molecular flexibility index (Phi) is 1.81. The Morgan fingerprint density at radius 2 is 1.73 bits per heavy atom. The van der Waals surface area contributed by atoms with E-state index < -0.39 is 7.59 Å². The Morgan fingerprint density at radius 3 is 2.00 bits per heavy atom. The van der Waals surface area contributed by atoms with Crippen molar-refractivity contribution in [2.45, 2.75) is 13.8 Å². The molecule has 0 spiro atoms. The molecule has 0 aromatic carbocycles. The van der Waals surface area contributed by atoms with E-state index in [0.717, 1.165) is 6.66 Å². The fourth-order valence-electron chi connectivity index (χ4n) is 0.717. The van der Waals surface area contributed by atoms with Crippen molar-refractivity contribution >= 4 is 7.59 Å². The normalized spacial score (nSPS) is 37.0. The van der Waals surface area contributed by atoms with E-state index in [-0.39, 0.29) is 18.6 Å². The molecule has 1 rings (SSSR count). The molecule has 11 heavy (non-hydrogen) atoms. The molecule has 0 bridgehead atoms. The third-order valence-corrected chi connectivity index (χ3v) is 2.90. The molecule has 0 aromatic rings. The molecule has 0 aromatic heterocycles. The van der Waals surface area contributed by atoms with Gasteiger partial charge in [-0.1, -0.05) is 0 Å². The molecule has 0 radical (unpaired) electrons. The van der Waals surface area contributed by atoms with Crippen LogP contribution in [0.15, 0.2) is 0 Å². The minimum atomic E-state index is -4.64. The van der Waals surface area contributed by atoms with E-state index in [0.29, 0.717) is 0 Å². The zero-order chi connectivity index (χ0) is 8.78. The van der Waals surface area contributed by atoms with E-state index >= 15 is 0 Å². The molecule has 0 unspecified atom stereocenters. The molecular weight excluding hydrogens is 170 g/mol. The third kappa shape index (κ3) is 2.64. The molecule has 1 N–H and O–H groups in total. The number of hydrogen-bond donors (Lipinski definition) is 1. The van der Waals surface area contributed by atoms with Crippen LogP contribution in [0.3, 0.4) is 0 Å². The van der Waals surface area contributed by atoms with Gasteiger partial charge in [0.15, 0.2) is 0 Å². The van der Waals surface area contributed by atoms with Gasteiger partial charge in [0.05, 0.1) is 0 Å². The Bertz CT molecular complexity index is 158. The van der Waals surface area contributed by atoms with Crippen LogP contribution >= 0.6 is 7.59 Å².